The summed E-state index contributed by atoms with van der Waals surface area (Å²) in [6, 6.07) is 5.92. The fraction of sp³-hybridized carbons (Fsp3) is 0.312. The second-order valence-electron chi connectivity index (χ2n) is 5.72. The lowest BCUT2D eigenvalue weighted by atomic mass is 10.2. The van der Waals surface area contributed by atoms with Gasteiger partial charge in [-0.3, -0.25) is 10.1 Å². The molecule has 0 bridgehead atoms. The zero-order valence-corrected chi connectivity index (χ0v) is 15.4. The lowest BCUT2D eigenvalue weighted by Gasteiger charge is -2.15. The molecular weight excluding hydrogens is 379 g/mol. The Hall–Kier alpha value is -3.13. The summed E-state index contributed by atoms with van der Waals surface area (Å²) < 4.78 is 44.9. The van der Waals surface area contributed by atoms with Gasteiger partial charge in [-0.05, 0) is 32.9 Å². The standard InChI is InChI=1S/C16H15FN4O5S/c1-9(2)26-16-15(21(22)23)14(19-10(3)20-16)13(8-18)27(24,25)12-7-5-4-6-11(12)17/h4-7,9,13H,1-3H3. The largest absolute Gasteiger partial charge is 0.470 e. The van der Waals surface area contributed by atoms with E-state index in [0.29, 0.717) is 0 Å². The van der Waals surface area contributed by atoms with Crippen molar-refractivity contribution in [2.75, 3.05) is 0 Å². The normalized spacial score (nSPS) is 12.4. The second kappa shape index (κ2) is 7.63. The molecule has 0 aliphatic carbocycles. The van der Waals surface area contributed by atoms with Crippen molar-refractivity contribution >= 4 is 15.5 Å². The Morgan fingerprint density at radius 3 is 2.44 bits per heavy atom. The van der Waals surface area contributed by atoms with Crippen molar-refractivity contribution < 1.29 is 22.5 Å². The predicted molar refractivity (Wildman–Crippen MR) is 91.1 cm³/mol. The molecule has 0 saturated heterocycles. The van der Waals surface area contributed by atoms with Crippen LogP contribution in [-0.2, 0) is 9.84 Å². The fourth-order valence-corrected chi connectivity index (χ4v) is 3.76. The van der Waals surface area contributed by atoms with E-state index in [-0.39, 0.29) is 5.82 Å². The first-order valence-corrected chi connectivity index (χ1v) is 9.21. The van der Waals surface area contributed by atoms with Gasteiger partial charge in [0.2, 0.25) is 15.1 Å². The lowest BCUT2D eigenvalue weighted by Crippen LogP contribution is -2.19. The van der Waals surface area contributed by atoms with Gasteiger partial charge in [-0.15, -0.1) is 0 Å². The molecule has 0 amide bonds. The van der Waals surface area contributed by atoms with E-state index < -0.39 is 54.1 Å². The van der Waals surface area contributed by atoms with Crippen LogP contribution in [0.3, 0.4) is 0 Å². The van der Waals surface area contributed by atoms with Crippen LogP contribution in [0, 0.1) is 34.2 Å². The molecule has 0 aliphatic rings. The fourth-order valence-electron chi connectivity index (χ4n) is 2.30. The number of benzene rings is 1. The van der Waals surface area contributed by atoms with Gasteiger partial charge in [-0.25, -0.2) is 17.8 Å². The molecule has 1 aromatic carbocycles. The summed E-state index contributed by atoms with van der Waals surface area (Å²) in [5.41, 5.74) is -1.52. The van der Waals surface area contributed by atoms with Crippen molar-refractivity contribution in [1.29, 1.82) is 5.26 Å². The summed E-state index contributed by atoms with van der Waals surface area (Å²) >= 11 is 0. The zero-order valence-electron chi connectivity index (χ0n) is 14.6. The number of aryl methyl sites for hydroxylation is 1. The molecule has 0 saturated carbocycles. The number of hydrogen-bond acceptors (Lipinski definition) is 8. The van der Waals surface area contributed by atoms with Gasteiger partial charge < -0.3 is 4.74 Å². The molecule has 27 heavy (non-hydrogen) atoms. The van der Waals surface area contributed by atoms with Gasteiger partial charge in [-0.1, -0.05) is 12.1 Å². The molecule has 142 valence electrons. The number of nitriles is 1. The number of hydrogen-bond donors (Lipinski definition) is 0. The Bertz CT molecular complexity index is 1030. The van der Waals surface area contributed by atoms with Crippen LogP contribution in [0.15, 0.2) is 29.2 Å². The van der Waals surface area contributed by atoms with Gasteiger partial charge in [0.15, 0.2) is 5.69 Å². The zero-order chi connectivity index (χ0) is 20.4. The Morgan fingerprint density at radius 1 is 1.30 bits per heavy atom. The molecule has 0 fully saturated rings. The first kappa shape index (κ1) is 20.2. The minimum absolute atomic E-state index is 0.0322. The first-order chi connectivity index (χ1) is 12.6. The number of ether oxygens (including phenoxy) is 1. The van der Waals surface area contributed by atoms with Gasteiger partial charge >= 0.3 is 5.69 Å². The second-order valence-corrected chi connectivity index (χ2v) is 7.72. The number of rotatable bonds is 6. The first-order valence-electron chi connectivity index (χ1n) is 7.67. The third-order valence-corrected chi connectivity index (χ3v) is 5.23. The molecule has 9 nitrogen and oxygen atoms in total. The molecule has 0 aliphatic heterocycles. The van der Waals surface area contributed by atoms with Gasteiger partial charge in [0.05, 0.1) is 17.1 Å². The highest BCUT2D eigenvalue weighted by molar-refractivity contribution is 7.92. The van der Waals surface area contributed by atoms with E-state index in [1.807, 2.05) is 0 Å². The summed E-state index contributed by atoms with van der Waals surface area (Å²) in [6.07, 6.45) is -0.505. The van der Waals surface area contributed by atoms with Crippen LogP contribution in [0.25, 0.3) is 0 Å². The van der Waals surface area contributed by atoms with E-state index in [1.54, 1.807) is 13.8 Å². The Kier molecular flexibility index (Phi) is 5.70. The molecule has 1 atom stereocenters. The molecule has 1 unspecified atom stereocenters. The smallest absolute Gasteiger partial charge is 0.354 e. The lowest BCUT2D eigenvalue weighted by molar-refractivity contribution is -0.387. The van der Waals surface area contributed by atoms with Crippen LogP contribution >= 0.6 is 0 Å². The van der Waals surface area contributed by atoms with Crippen molar-refractivity contribution in [3.63, 3.8) is 0 Å². The summed E-state index contributed by atoms with van der Waals surface area (Å²) in [4.78, 5) is 17.5. The number of sulfone groups is 1. The van der Waals surface area contributed by atoms with Gasteiger partial charge in [0.25, 0.3) is 5.88 Å². The molecule has 2 aromatic rings. The average molecular weight is 394 g/mol. The SMILES string of the molecule is Cc1nc(OC(C)C)c([N+](=O)[O-])c(C(C#N)S(=O)(=O)c2ccccc2F)n1. The van der Waals surface area contributed by atoms with E-state index in [1.165, 1.54) is 25.1 Å². The van der Waals surface area contributed by atoms with Crippen LogP contribution in [0.1, 0.15) is 30.6 Å². The highest BCUT2D eigenvalue weighted by atomic mass is 32.2. The van der Waals surface area contributed by atoms with Crippen LogP contribution in [0.2, 0.25) is 0 Å². The van der Waals surface area contributed by atoms with E-state index >= 15 is 0 Å². The third-order valence-electron chi connectivity index (χ3n) is 3.34. The van der Waals surface area contributed by atoms with Crippen molar-refractivity contribution in [3.05, 3.63) is 51.7 Å². The monoisotopic (exact) mass is 394 g/mol. The van der Waals surface area contributed by atoms with Crippen molar-refractivity contribution in [2.24, 2.45) is 0 Å². The molecule has 1 heterocycles. The topological polar surface area (TPSA) is 136 Å². The van der Waals surface area contributed by atoms with Crippen molar-refractivity contribution in [3.8, 4) is 11.9 Å². The number of halogens is 1. The minimum Gasteiger partial charge on any atom is -0.470 e. The van der Waals surface area contributed by atoms with Crippen LogP contribution in [-0.4, -0.2) is 29.4 Å². The maximum Gasteiger partial charge on any atom is 0.354 e. The Morgan fingerprint density at radius 2 is 1.93 bits per heavy atom. The number of aromatic nitrogens is 2. The van der Waals surface area contributed by atoms with Crippen molar-refractivity contribution in [1.82, 2.24) is 9.97 Å². The summed E-state index contributed by atoms with van der Waals surface area (Å²) in [5.74, 6) is -1.57. The van der Waals surface area contributed by atoms with E-state index in [2.05, 4.69) is 9.97 Å². The number of nitrogens with zero attached hydrogens (tertiary/aromatic N) is 4. The van der Waals surface area contributed by atoms with E-state index in [4.69, 9.17) is 4.74 Å². The predicted octanol–water partition coefficient (Wildman–Crippen LogP) is 2.66. The molecular formula is C16H15FN4O5S. The molecule has 1 aromatic heterocycles. The highest BCUT2D eigenvalue weighted by Crippen LogP contribution is 2.38. The van der Waals surface area contributed by atoms with E-state index in [0.717, 1.165) is 12.1 Å². The third kappa shape index (κ3) is 4.01. The minimum atomic E-state index is -4.64. The van der Waals surface area contributed by atoms with Gasteiger partial charge in [0, 0.05) is 0 Å². The quantitative estimate of drug-likeness (QED) is 0.539. The van der Waals surface area contributed by atoms with Crippen molar-refractivity contribution in [2.45, 2.75) is 37.0 Å². The molecule has 0 spiro atoms. The van der Waals surface area contributed by atoms with Crippen LogP contribution < -0.4 is 4.74 Å². The molecule has 0 N–H and O–H groups in total. The summed E-state index contributed by atoms with van der Waals surface area (Å²) in [5, 5.41) is 18.9. The Balaban J connectivity index is 2.78. The van der Waals surface area contributed by atoms with Crippen LogP contribution in [0.5, 0.6) is 5.88 Å². The van der Waals surface area contributed by atoms with Gasteiger partial charge in [0.1, 0.15) is 16.5 Å². The maximum atomic E-state index is 14.0. The summed E-state index contributed by atoms with van der Waals surface area (Å²) in [6.45, 7) is 4.56. The molecule has 0 radical (unpaired) electrons. The average Bonchev–Trinajstić information content (AvgIpc) is 2.54. The highest BCUT2D eigenvalue weighted by Gasteiger charge is 2.40. The molecule has 2 rings (SSSR count). The van der Waals surface area contributed by atoms with Gasteiger partial charge in [-0.2, -0.15) is 10.2 Å². The molecule has 11 heteroatoms. The van der Waals surface area contributed by atoms with E-state index in [9.17, 15) is 28.2 Å². The number of nitro groups is 1. The maximum absolute atomic E-state index is 14.0. The Labute approximate surface area is 154 Å². The van der Waals surface area contributed by atoms with Crippen LogP contribution in [0.4, 0.5) is 10.1 Å². The summed E-state index contributed by atoms with van der Waals surface area (Å²) in [7, 11) is -4.64.